The van der Waals surface area contributed by atoms with E-state index in [0.29, 0.717) is 11.4 Å². The molecule has 4 nitrogen and oxygen atoms in total. The first-order valence-corrected chi connectivity index (χ1v) is 8.27. The van der Waals surface area contributed by atoms with Crippen LogP contribution in [0.15, 0.2) is 29.2 Å². The highest BCUT2D eigenvalue weighted by Gasteiger charge is 2.31. The van der Waals surface area contributed by atoms with Crippen molar-refractivity contribution in [3.8, 4) is 0 Å². The molecular weight excluding hydrogens is 260 g/mol. The summed E-state index contributed by atoms with van der Waals surface area (Å²) in [6, 6.07) is 6.77. The number of benzene rings is 1. The third kappa shape index (κ3) is 3.55. The van der Waals surface area contributed by atoms with Gasteiger partial charge in [-0.25, -0.2) is 13.1 Å². The molecule has 0 heterocycles. The average Bonchev–Trinajstić information content (AvgIpc) is 2.38. The van der Waals surface area contributed by atoms with E-state index in [0.717, 1.165) is 31.2 Å². The highest BCUT2D eigenvalue weighted by atomic mass is 32.2. The van der Waals surface area contributed by atoms with Gasteiger partial charge in [-0.2, -0.15) is 0 Å². The van der Waals surface area contributed by atoms with Crippen LogP contribution < -0.4 is 10.5 Å². The third-order valence-corrected chi connectivity index (χ3v) is 5.46. The maximum Gasteiger partial charge on any atom is 0.241 e. The summed E-state index contributed by atoms with van der Waals surface area (Å²) in [6.45, 7) is 2.42. The maximum atomic E-state index is 12.4. The predicted molar refractivity (Wildman–Crippen MR) is 76.1 cm³/mol. The Hall–Kier alpha value is -0.910. The molecule has 0 aliphatic heterocycles. The van der Waals surface area contributed by atoms with Crippen LogP contribution in [0.4, 0.5) is 0 Å². The van der Waals surface area contributed by atoms with Crippen LogP contribution >= 0.6 is 0 Å². The maximum absolute atomic E-state index is 12.4. The van der Waals surface area contributed by atoms with Gasteiger partial charge in [0.15, 0.2) is 0 Å². The molecule has 0 atom stereocenters. The van der Waals surface area contributed by atoms with E-state index < -0.39 is 10.0 Å². The molecule has 1 aliphatic carbocycles. The third-order valence-electron chi connectivity index (χ3n) is 3.81. The van der Waals surface area contributed by atoms with Crippen LogP contribution in [-0.4, -0.2) is 14.0 Å². The molecule has 0 radical (unpaired) electrons. The van der Waals surface area contributed by atoms with Crippen molar-refractivity contribution in [2.75, 3.05) is 0 Å². The monoisotopic (exact) mass is 282 g/mol. The Morgan fingerprint density at radius 2 is 1.74 bits per heavy atom. The van der Waals surface area contributed by atoms with Crippen LogP contribution in [0.1, 0.15) is 44.6 Å². The number of rotatable bonds is 4. The van der Waals surface area contributed by atoms with E-state index in [1.165, 1.54) is 6.42 Å². The molecule has 1 aromatic rings. The second kappa shape index (κ2) is 5.61. The summed E-state index contributed by atoms with van der Waals surface area (Å²) in [4.78, 5) is 0.316. The van der Waals surface area contributed by atoms with Gasteiger partial charge in [-0.15, -0.1) is 0 Å². The summed E-state index contributed by atoms with van der Waals surface area (Å²) < 4.78 is 27.6. The van der Waals surface area contributed by atoms with Crippen molar-refractivity contribution in [3.05, 3.63) is 29.8 Å². The van der Waals surface area contributed by atoms with Crippen molar-refractivity contribution < 1.29 is 8.42 Å². The van der Waals surface area contributed by atoms with Crippen LogP contribution in [0.25, 0.3) is 0 Å². The predicted octanol–water partition coefficient (Wildman–Crippen LogP) is 2.15. The Balaban J connectivity index is 2.17. The van der Waals surface area contributed by atoms with Crippen molar-refractivity contribution in [1.29, 1.82) is 0 Å². The van der Waals surface area contributed by atoms with Crippen LogP contribution in [0, 0.1) is 0 Å². The SMILES string of the molecule is CC1(NS(=O)(=O)c2ccc(CN)cc2)CCCCC1. The first kappa shape index (κ1) is 14.5. The number of nitrogens with one attached hydrogen (secondary N) is 1. The number of nitrogens with two attached hydrogens (primary N) is 1. The van der Waals surface area contributed by atoms with Gasteiger partial charge in [0.05, 0.1) is 4.90 Å². The smallest absolute Gasteiger partial charge is 0.241 e. The van der Waals surface area contributed by atoms with E-state index in [4.69, 9.17) is 5.73 Å². The minimum Gasteiger partial charge on any atom is -0.326 e. The largest absolute Gasteiger partial charge is 0.326 e. The summed E-state index contributed by atoms with van der Waals surface area (Å²) >= 11 is 0. The van der Waals surface area contributed by atoms with Crippen molar-refractivity contribution in [2.45, 2.75) is 56.0 Å². The van der Waals surface area contributed by atoms with Crippen LogP contribution in [-0.2, 0) is 16.6 Å². The van der Waals surface area contributed by atoms with Crippen molar-refractivity contribution in [3.63, 3.8) is 0 Å². The fraction of sp³-hybridized carbons (Fsp3) is 0.571. The molecule has 1 saturated carbocycles. The number of hydrogen-bond acceptors (Lipinski definition) is 3. The van der Waals surface area contributed by atoms with Gasteiger partial charge >= 0.3 is 0 Å². The summed E-state index contributed by atoms with van der Waals surface area (Å²) in [5.74, 6) is 0. The number of sulfonamides is 1. The van der Waals surface area contributed by atoms with Gasteiger partial charge in [-0.1, -0.05) is 31.4 Å². The lowest BCUT2D eigenvalue weighted by atomic mass is 9.84. The molecule has 1 aromatic carbocycles. The van der Waals surface area contributed by atoms with Crippen molar-refractivity contribution in [2.24, 2.45) is 5.73 Å². The summed E-state index contributed by atoms with van der Waals surface area (Å²) in [7, 11) is -3.43. The van der Waals surface area contributed by atoms with Gasteiger partial charge in [0.25, 0.3) is 0 Å². The highest BCUT2D eigenvalue weighted by molar-refractivity contribution is 7.89. The molecule has 106 valence electrons. The summed E-state index contributed by atoms with van der Waals surface area (Å²) in [6.07, 6.45) is 5.19. The van der Waals surface area contributed by atoms with Crippen LogP contribution in [0.3, 0.4) is 0 Å². The lowest BCUT2D eigenvalue weighted by Gasteiger charge is -2.34. The molecule has 0 spiro atoms. The molecule has 5 heteroatoms. The molecule has 0 saturated heterocycles. The lowest BCUT2D eigenvalue weighted by Crippen LogP contribution is -2.47. The molecule has 0 aromatic heterocycles. The summed E-state index contributed by atoms with van der Waals surface area (Å²) in [5.41, 5.74) is 6.15. The van der Waals surface area contributed by atoms with Crippen molar-refractivity contribution >= 4 is 10.0 Å². The molecule has 2 rings (SSSR count). The Kier molecular flexibility index (Phi) is 4.28. The standard InChI is InChI=1S/C14H22N2O2S/c1-14(9-3-2-4-10-14)16-19(17,18)13-7-5-12(11-15)6-8-13/h5-8,16H,2-4,9-11,15H2,1H3. The zero-order valence-corrected chi connectivity index (χ0v) is 12.2. The Morgan fingerprint density at radius 1 is 1.16 bits per heavy atom. The Bertz CT molecular complexity index is 517. The molecule has 0 amide bonds. The second-order valence-corrected chi connectivity index (χ2v) is 7.26. The molecule has 1 aliphatic rings. The average molecular weight is 282 g/mol. The van der Waals surface area contributed by atoms with Crippen LogP contribution in [0.5, 0.6) is 0 Å². The van der Waals surface area contributed by atoms with E-state index in [9.17, 15) is 8.42 Å². The lowest BCUT2D eigenvalue weighted by molar-refractivity contribution is 0.294. The topological polar surface area (TPSA) is 72.2 Å². The quantitative estimate of drug-likeness (QED) is 0.888. The van der Waals surface area contributed by atoms with E-state index >= 15 is 0 Å². The highest BCUT2D eigenvalue weighted by Crippen LogP contribution is 2.29. The van der Waals surface area contributed by atoms with E-state index in [1.807, 2.05) is 6.92 Å². The minimum absolute atomic E-state index is 0.302. The van der Waals surface area contributed by atoms with Gasteiger partial charge in [-0.05, 0) is 37.5 Å². The van der Waals surface area contributed by atoms with E-state index in [-0.39, 0.29) is 5.54 Å². The normalized spacial score (nSPS) is 19.3. The van der Waals surface area contributed by atoms with Gasteiger partial charge in [0.1, 0.15) is 0 Å². The van der Waals surface area contributed by atoms with Gasteiger partial charge < -0.3 is 5.73 Å². The zero-order valence-electron chi connectivity index (χ0n) is 11.4. The Labute approximate surface area is 115 Å². The van der Waals surface area contributed by atoms with Crippen molar-refractivity contribution in [1.82, 2.24) is 4.72 Å². The molecule has 0 bridgehead atoms. The molecule has 0 unspecified atom stereocenters. The molecule has 3 N–H and O–H groups in total. The fourth-order valence-electron chi connectivity index (χ4n) is 2.62. The van der Waals surface area contributed by atoms with Gasteiger partial charge in [0, 0.05) is 12.1 Å². The second-order valence-electron chi connectivity index (χ2n) is 5.57. The van der Waals surface area contributed by atoms with Crippen LogP contribution in [0.2, 0.25) is 0 Å². The molecule has 19 heavy (non-hydrogen) atoms. The van der Waals surface area contributed by atoms with Gasteiger partial charge in [0.2, 0.25) is 10.0 Å². The summed E-state index contributed by atoms with van der Waals surface area (Å²) in [5, 5.41) is 0. The zero-order chi connectivity index (χ0) is 13.9. The molecule has 1 fully saturated rings. The Morgan fingerprint density at radius 3 is 2.26 bits per heavy atom. The van der Waals surface area contributed by atoms with E-state index in [1.54, 1.807) is 24.3 Å². The first-order chi connectivity index (χ1) is 8.95. The number of hydrogen-bond donors (Lipinski definition) is 2. The minimum atomic E-state index is -3.43. The first-order valence-electron chi connectivity index (χ1n) is 6.78. The molecular formula is C14H22N2O2S. The fourth-order valence-corrected chi connectivity index (χ4v) is 4.09. The van der Waals surface area contributed by atoms with Gasteiger partial charge in [-0.3, -0.25) is 0 Å². The van der Waals surface area contributed by atoms with E-state index in [2.05, 4.69) is 4.72 Å².